The SMILES string of the molecule is CCC(C)=O.OCCOc1ccccc1. The number of rotatable bonds is 4. The van der Waals surface area contributed by atoms with Crippen molar-refractivity contribution in [3.8, 4) is 5.75 Å². The molecule has 1 N–H and O–H groups in total. The van der Waals surface area contributed by atoms with Gasteiger partial charge in [-0.1, -0.05) is 25.1 Å². The maximum Gasteiger partial charge on any atom is 0.129 e. The summed E-state index contributed by atoms with van der Waals surface area (Å²) in [5.74, 6) is 1.06. The fraction of sp³-hybridized carbons (Fsp3) is 0.417. The zero-order chi connectivity index (χ0) is 11.5. The third kappa shape index (κ3) is 8.97. The first kappa shape index (κ1) is 13.7. The molecule has 0 radical (unpaired) electrons. The van der Waals surface area contributed by atoms with E-state index in [-0.39, 0.29) is 12.4 Å². The van der Waals surface area contributed by atoms with E-state index >= 15 is 0 Å². The minimum absolute atomic E-state index is 0.0644. The maximum atomic E-state index is 9.81. The quantitative estimate of drug-likeness (QED) is 0.827. The van der Waals surface area contributed by atoms with Gasteiger partial charge in [0, 0.05) is 6.42 Å². The molecule has 1 rings (SSSR count). The molecule has 1 aromatic carbocycles. The Morgan fingerprint density at radius 1 is 1.33 bits per heavy atom. The summed E-state index contributed by atoms with van der Waals surface area (Å²) in [5.41, 5.74) is 0. The van der Waals surface area contributed by atoms with Crippen LogP contribution in [0.25, 0.3) is 0 Å². The summed E-state index contributed by atoms with van der Waals surface area (Å²) < 4.78 is 5.11. The lowest BCUT2D eigenvalue weighted by molar-refractivity contribution is -0.116. The summed E-state index contributed by atoms with van der Waals surface area (Å²) in [4.78, 5) is 9.81. The number of carbonyl (C=O) groups excluding carboxylic acids is 1. The first-order valence-electron chi connectivity index (χ1n) is 4.98. The largest absolute Gasteiger partial charge is 0.491 e. The van der Waals surface area contributed by atoms with Gasteiger partial charge in [-0.2, -0.15) is 0 Å². The number of carbonyl (C=O) groups is 1. The molecule has 0 aromatic heterocycles. The van der Waals surface area contributed by atoms with E-state index < -0.39 is 0 Å². The highest BCUT2D eigenvalue weighted by Crippen LogP contribution is 2.06. The number of hydrogen-bond acceptors (Lipinski definition) is 3. The summed E-state index contributed by atoms with van der Waals surface area (Å²) in [6.07, 6.45) is 0.667. The number of aliphatic hydroxyl groups excluding tert-OH is 1. The van der Waals surface area contributed by atoms with Crippen molar-refractivity contribution in [2.75, 3.05) is 13.2 Å². The van der Waals surface area contributed by atoms with Gasteiger partial charge in [-0.3, -0.25) is 0 Å². The highest BCUT2D eigenvalue weighted by Gasteiger charge is 1.87. The second-order valence-electron chi connectivity index (χ2n) is 2.94. The molecule has 0 heterocycles. The Labute approximate surface area is 90.7 Å². The van der Waals surface area contributed by atoms with E-state index in [2.05, 4.69) is 0 Å². The number of Topliss-reactive ketones (excluding diaryl/α,β-unsaturated/α-hetero) is 1. The van der Waals surface area contributed by atoms with E-state index in [0.29, 0.717) is 13.0 Å². The van der Waals surface area contributed by atoms with Crippen LogP contribution in [0.2, 0.25) is 0 Å². The lowest BCUT2D eigenvalue weighted by Crippen LogP contribution is -2.00. The Balaban J connectivity index is 0.000000336. The minimum atomic E-state index is 0.0644. The summed E-state index contributed by atoms with van der Waals surface area (Å²) in [7, 11) is 0. The molecule has 0 spiro atoms. The lowest BCUT2D eigenvalue weighted by Gasteiger charge is -2.01. The van der Waals surface area contributed by atoms with Crippen LogP contribution in [0, 0.1) is 0 Å². The van der Waals surface area contributed by atoms with Crippen molar-refractivity contribution in [1.82, 2.24) is 0 Å². The first-order valence-corrected chi connectivity index (χ1v) is 4.98. The van der Waals surface area contributed by atoms with Crippen LogP contribution < -0.4 is 4.74 Å². The first-order chi connectivity index (χ1) is 7.20. The van der Waals surface area contributed by atoms with E-state index in [1.54, 1.807) is 6.92 Å². The fourth-order valence-corrected chi connectivity index (χ4v) is 0.680. The van der Waals surface area contributed by atoms with Gasteiger partial charge in [0.2, 0.25) is 0 Å². The molecule has 0 atom stereocenters. The average Bonchev–Trinajstić information content (AvgIpc) is 2.28. The van der Waals surface area contributed by atoms with E-state index in [1.165, 1.54) is 0 Å². The summed E-state index contributed by atoms with van der Waals surface area (Å²) >= 11 is 0. The van der Waals surface area contributed by atoms with Gasteiger partial charge in [-0.25, -0.2) is 0 Å². The Bertz CT molecular complexity index is 257. The Hall–Kier alpha value is -1.35. The molecule has 0 saturated carbocycles. The van der Waals surface area contributed by atoms with E-state index in [4.69, 9.17) is 9.84 Å². The van der Waals surface area contributed by atoms with Gasteiger partial charge >= 0.3 is 0 Å². The van der Waals surface area contributed by atoms with Crippen molar-refractivity contribution < 1.29 is 14.6 Å². The van der Waals surface area contributed by atoms with Crippen LogP contribution in [-0.4, -0.2) is 24.1 Å². The molecule has 0 aliphatic rings. The zero-order valence-electron chi connectivity index (χ0n) is 9.27. The highest BCUT2D eigenvalue weighted by atomic mass is 16.5. The molecule has 0 unspecified atom stereocenters. The molecule has 0 saturated heterocycles. The molecule has 0 aliphatic heterocycles. The molecule has 1 aromatic rings. The smallest absolute Gasteiger partial charge is 0.129 e. The Kier molecular flexibility index (Phi) is 8.39. The van der Waals surface area contributed by atoms with Crippen LogP contribution in [0.15, 0.2) is 30.3 Å². The normalized spacial score (nSPS) is 8.73. The molecule has 84 valence electrons. The lowest BCUT2D eigenvalue weighted by atomic mass is 10.3. The molecule has 0 aliphatic carbocycles. The molecule has 3 nitrogen and oxygen atoms in total. The van der Waals surface area contributed by atoms with Crippen molar-refractivity contribution >= 4 is 5.78 Å². The Morgan fingerprint density at radius 3 is 2.27 bits per heavy atom. The third-order valence-electron chi connectivity index (χ3n) is 1.60. The summed E-state index contributed by atoms with van der Waals surface area (Å²) in [6, 6.07) is 9.43. The minimum Gasteiger partial charge on any atom is -0.491 e. The molecule has 0 amide bonds. The molecule has 3 heteroatoms. The van der Waals surface area contributed by atoms with E-state index in [9.17, 15) is 4.79 Å². The second-order valence-corrected chi connectivity index (χ2v) is 2.94. The van der Waals surface area contributed by atoms with Crippen LogP contribution in [0.5, 0.6) is 5.75 Å². The average molecular weight is 210 g/mol. The second kappa shape index (κ2) is 9.21. The van der Waals surface area contributed by atoms with Gasteiger partial charge in [0.25, 0.3) is 0 Å². The van der Waals surface area contributed by atoms with Crippen molar-refractivity contribution in [2.45, 2.75) is 20.3 Å². The summed E-state index contributed by atoms with van der Waals surface area (Å²) in [5, 5.41) is 8.40. The van der Waals surface area contributed by atoms with Crippen molar-refractivity contribution in [1.29, 1.82) is 0 Å². The van der Waals surface area contributed by atoms with E-state index in [1.807, 2.05) is 37.3 Å². The van der Waals surface area contributed by atoms with Crippen LogP contribution in [0.3, 0.4) is 0 Å². The van der Waals surface area contributed by atoms with Crippen molar-refractivity contribution in [2.24, 2.45) is 0 Å². The van der Waals surface area contributed by atoms with Gasteiger partial charge in [0.1, 0.15) is 18.1 Å². The molecule has 15 heavy (non-hydrogen) atoms. The number of ether oxygens (including phenoxy) is 1. The molecular formula is C12H18O3. The van der Waals surface area contributed by atoms with Gasteiger partial charge in [0.15, 0.2) is 0 Å². The van der Waals surface area contributed by atoms with Gasteiger partial charge in [0.05, 0.1) is 6.61 Å². The molecular weight excluding hydrogens is 192 g/mol. The topological polar surface area (TPSA) is 46.5 Å². The Morgan fingerprint density at radius 2 is 1.87 bits per heavy atom. The van der Waals surface area contributed by atoms with Crippen molar-refractivity contribution in [3.05, 3.63) is 30.3 Å². The molecule has 0 bridgehead atoms. The standard InChI is InChI=1S/C8H10O2.C4H8O/c9-6-7-10-8-4-2-1-3-5-8;1-3-4(2)5/h1-5,9H,6-7H2;3H2,1-2H3. The number of para-hydroxylation sites is 1. The zero-order valence-corrected chi connectivity index (χ0v) is 9.27. The number of ketones is 1. The number of hydrogen-bond donors (Lipinski definition) is 1. The van der Waals surface area contributed by atoms with Crippen molar-refractivity contribution in [3.63, 3.8) is 0 Å². The highest BCUT2D eigenvalue weighted by molar-refractivity contribution is 5.74. The number of aliphatic hydroxyl groups is 1. The predicted octanol–water partition coefficient (Wildman–Crippen LogP) is 2.04. The van der Waals surface area contributed by atoms with Crippen LogP contribution in [-0.2, 0) is 4.79 Å². The van der Waals surface area contributed by atoms with Gasteiger partial charge in [-0.15, -0.1) is 0 Å². The summed E-state index contributed by atoms with van der Waals surface area (Å²) in [6.45, 7) is 3.86. The van der Waals surface area contributed by atoms with Gasteiger partial charge in [-0.05, 0) is 19.1 Å². The maximum absolute atomic E-state index is 9.81. The fourth-order valence-electron chi connectivity index (χ4n) is 0.680. The van der Waals surface area contributed by atoms with Gasteiger partial charge < -0.3 is 14.6 Å². The third-order valence-corrected chi connectivity index (χ3v) is 1.60. The van der Waals surface area contributed by atoms with Crippen LogP contribution in [0.1, 0.15) is 20.3 Å². The predicted molar refractivity (Wildman–Crippen MR) is 60.0 cm³/mol. The van der Waals surface area contributed by atoms with Crippen LogP contribution in [0.4, 0.5) is 0 Å². The molecule has 0 fully saturated rings. The number of benzene rings is 1. The van der Waals surface area contributed by atoms with Crippen LogP contribution >= 0.6 is 0 Å². The monoisotopic (exact) mass is 210 g/mol. The van der Waals surface area contributed by atoms with E-state index in [0.717, 1.165) is 5.75 Å².